The van der Waals surface area contributed by atoms with Crippen LogP contribution in [0.1, 0.15) is 33.9 Å². The largest absolute Gasteiger partial charge is 0.347 e. The number of hydrogen-bond donors (Lipinski definition) is 3. The molecule has 3 aromatic carbocycles. The third kappa shape index (κ3) is 6.78. The molecule has 164 valence electrons. The smallest absolute Gasteiger partial charge is 0.251 e. The Labute approximate surface area is 195 Å². The van der Waals surface area contributed by atoms with E-state index >= 15 is 0 Å². The number of amides is 3. The van der Waals surface area contributed by atoms with E-state index in [0.717, 1.165) is 15.6 Å². The van der Waals surface area contributed by atoms with Crippen LogP contribution < -0.4 is 16.0 Å². The summed E-state index contributed by atoms with van der Waals surface area (Å²) in [5.41, 5.74) is 2.91. The Hall–Kier alpha value is -3.45. The zero-order chi connectivity index (χ0) is 22.9. The average Bonchev–Trinajstić information content (AvgIpc) is 2.80. The van der Waals surface area contributed by atoms with E-state index in [4.69, 9.17) is 0 Å². The van der Waals surface area contributed by atoms with Gasteiger partial charge < -0.3 is 16.0 Å². The summed E-state index contributed by atoms with van der Waals surface area (Å²) < 4.78 is 0.922. The predicted molar refractivity (Wildman–Crippen MR) is 128 cm³/mol. The first-order valence-corrected chi connectivity index (χ1v) is 11.0. The van der Waals surface area contributed by atoms with Gasteiger partial charge >= 0.3 is 0 Å². The summed E-state index contributed by atoms with van der Waals surface area (Å²) in [6, 6.07) is 23.1. The first-order valence-electron chi connectivity index (χ1n) is 10.2. The predicted octanol–water partition coefficient (Wildman–Crippen LogP) is 4.37. The Morgan fingerprint density at radius 3 is 2.19 bits per heavy atom. The molecule has 0 fully saturated rings. The molecule has 3 amide bonds. The van der Waals surface area contributed by atoms with E-state index in [0.29, 0.717) is 11.3 Å². The highest BCUT2D eigenvalue weighted by atomic mass is 79.9. The molecule has 0 spiro atoms. The number of hydrogen-bond acceptors (Lipinski definition) is 3. The molecule has 7 heteroatoms. The van der Waals surface area contributed by atoms with Crippen molar-refractivity contribution < 1.29 is 14.4 Å². The molecule has 0 saturated carbocycles. The molecule has 1 atom stereocenters. The summed E-state index contributed by atoms with van der Waals surface area (Å²) in [6.45, 7) is 1.72. The maximum Gasteiger partial charge on any atom is 0.251 e. The second-order valence-electron chi connectivity index (χ2n) is 7.29. The van der Waals surface area contributed by atoms with Crippen LogP contribution >= 0.6 is 15.9 Å². The molecule has 0 aromatic heterocycles. The molecule has 0 aliphatic rings. The summed E-state index contributed by atoms with van der Waals surface area (Å²) in [5.74, 6) is -0.932. The Kier molecular flexibility index (Phi) is 8.16. The number of anilines is 1. The fourth-order valence-corrected chi connectivity index (χ4v) is 3.64. The van der Waals surface area contributed by atoms with Gasteiger partial charge in [0.25, 0.3) is 5.91 Å². The van der Waals surface area contributed by atoms with Gasteiger partial charge in [0.2, 0.25) is 11.8 Å². The molecule has 1 unspecified atom stereocenters. The molecule has 3 aromatic rings. The minimum Gasteiger partial charge on any atom is -0.347 e. The van der Waals surface area contributed by atoms with Crippen molar-refractivity contribution in [3.63, 3.8) is 0 Å². The van der Waals surface area contributed by atoms with Crippen molar-refractivity contribution in [3.05, 3.63) is 100 Å². The van der Waals surface area contributed by atoms with Crippen LogP contribution in [-0.2, 0) is 9.59 Å². The van der Waals surface area contributed by atoms with Crippen molar-refractivity contribution in [2.24, 2.45) is 0 Å². The highest BCUT2D eigenvalue weighted by Crippen LogP contribution is 2.20. The number of carbonyl (C=O) groups excluding carboxylic acids is 3. The molecule has 0 saturated heterocycles. The number of aryl methyl sites for hydroxylation is 1. The highest BCUT2D eigenvalue weighted by Gasteiger charge is 2.19. The molecular weight excluding hydrogens is 470 g/mol. The summed E-state index contributed by atoms with van der Waals surface area (Å²) >= 11 is 3.39. The SMILES string of the molecule is Cc1cc(Br)ccc1NC(=O)CNC(=O)CC(NC(=O)c1ccccc1)c1ccccc1. The lowest BCUT2D eigenvalue weighted by Crippen LogP contribution is -2.37. The Balaban J connectivity index is 1.59. The van der Waals surface area contributed by atoms with Crippen LogP contribution in [0.3, 0.4) is 0 Å². The van der Waals surface area contributed by atoms with Gasteiger partial charge in [0, 0.05) is 15.7 Å². The van der Waals surface area contributed by atoms with E-state index in [1.54, 1.807) is 30.3 Å². The second kappa shape index (κ2) is 11.2. The number of benzene rings is 3. The highest BCUT2D eigenvalue weighted by molar-refractivity contribution is 9.10. The van der Waals surface area contributed by atoms with Crippen molar-refractivity contribution >= 4 is 39.3 Å². The third-order valence-electron chi connectivity index (χ3n) is 4.84. The minimum atomic E-state index is -0.527. The minimum absolute atomic E-state index is 0.00712. The van der Waals surface area contributed by atoms with Gasteiger partial charge in [0.05, 0.1) is 19.0 Å². The van der Waals surface area contributed by atoms with Crippen LogP contribution in [0.5, 0.6) is 0 Å². The second-order valence-corrected chi connectivity index (χ2v) is 8.21. The van der Waals surface area contributed by atoms with Gasteiger partial charge in [0.15, 0.2) is 0 Å². The first kappa shape index (κ1) is 23.2. The number of halogens is 1. The van der Waals surface area contributed by atoms with Gasteiger partial charge in [-0.05, 0) is 48.4 Å². The monoisotopic (exact) mass is 493 g/mol. The summed E-state index contributed by atoms with van der Waals surface area (Å²) in [4.78, 5) is 37.5. The number of carbonyl (C=O) groups is 3. The van der Waals surface area contributed by atoms with Crippen LogP contribution in [0.2, 0.25) is 0 Å². The molecule has 0 bridgehead atoms. The summed E-state index contributed by atoms with van der Waals surface area (Å²) in [5, 5.41) is 8.34. The standard InChI is InChI=1S/C25H24BrN3O3/c1-17-14-20(26)12-13-21(17)28-24(31)16-27-23(30)15-22(18-8-4-2-5-9-18)29-25(32)19-10-6-3-7-11-19/h2-14,22H,15-16H2,1H3,(H,27,30)(H,28,31)(H,29,32). The maximum atomic E-state index is 12.6. The van der Waals surface area contributed by atoms with Gasteiger partial charge in [-0.3, -0.25) is 14.4 Å². The van der Waals surface area contributed by atoms with Crippen LogP contribution in [0.15, 0.2) is 83.3 Å². The van der Waals surface area contributed by atoms with Gasteiger partial charge in [0.1, 0.15) is 0 Å². The zero-order valence-corrected chi connectivity index (χ0v) is 19.2. The van der Waals surface area contributed by atoms with Crippen molar-refractivity contribution in [2.75, 3.05) is 11.9 Å². The van der Waals surface area contributed by atoms with Crippen molar-refractivity contribution in [3.8, 4) is 0 Å². The quantitative estimate of drug-likeness (QED) is 0.435. The summed E-state index contributed by atoms with van der Waals surface area (Å²) in [6.07, 6.45) is 0.00712. The molecule has 0 heterocycles. The van der Waals surface area contributed by atoms with E-state index in [-0.39, 0.29) is 30.7 Å². The van der Waals surface area contributed by atoms with Crippen LogP contribution in [0.25, 0.3) is 0 Å². The molecular formula is C25H24BrN3O3. The fraction of sp³-hybridized carbons (Fsp3) is 0.160. The molecule has 6 nitrogen and oxygen atoms in total. The Bertz CT molecular complexity index is 1090. The first-order chi connectivity index (χ1) is 15.4. The van der Waals surface area contributed by atoms with Crippen LogP contribution in [-0.4, -0.2) is 24.3 Å². The van der Waals surface area contributed by atoms with E-state index in [2.05, 4.69) is 31.9 Å². The van der Waals surface area contributed by atoms with Crippen molar-refractivity contribution in [1.82, 2.24) is 10.6 Å². The molecule has 3 rings (SSSR count). The van der Waals surface area contributed by atoms with Crippen molar-refractivity contribution in [2.45, 2.75) is 19.4 Å². The molecule has 0 aliphatic heterocycles. The lowest BCUT2D eigenvalue weighted by Gasteiger charge is -2.19. The Morgan fingerprint density at radius 1 is 0.875 bits per heavy atom. The van der Waals surface area contributed by atoms with Gasteiger partial charge in [-0.1, -0.05) is 64.5 Å². The topological polar surface area (TPSA) is 87.3 Å². The molecule has 0 radical (unpaired) electrons. The third-order valence-corrected chi connectivity index (χ3v) is 5.33. The van der Waals surface area contributed by atoms with E-state index < -0.39 is 6.04 Å². The molecule has 3 N–H and O–H groups in total. The van der Waals surface area contributed by atoms with Crippen LogP contribution in [0, 0.1) is 6.92 Å². The zero-order valence-electron chi connectivity index (χ0n) is 17.6. The molecule has 0 aliphatic carbocycles. The maximum absolute atomic E-state index is 12.6. The fourth-order valence-electron chi connectivity index (χ4n) is 3.17. The lowest BCUT2D eigenvalue weighted by molar-refractivity contribution is -0.124. The number of nitrogens with one attached hydrogen (secondary N) is 3. The van der Waals surface area contributed by atoms with E-state index in [9.17, 15) is 14.4 Å². The van der Waals surface area contributed by atoms with Gasteiger partial charge in [-0.15, -0.1) is 0 Å². The number of rotatable bonds is 8. The van der Waals surface area contributed by atoms with Gasteiger partial charge in [-0.25, -0.2) is 0 Å². The van der Waals surface area contributed by atoms with Crippen molar-refractivity contribution in [1.29, 1.82) is 0 Å². The van der Waals surface area contributed by atoms with E-state index in [1.165, 1.54) is 0 Å². The normalized spacial score (nSPS) is 11.3. The summed E-state index contributed by atoms with van der Waals surface area (Å²) in [7, 11) is 0. The lowest BCUT2D eigenvalue weighted by atomic mass is 10.0. The Morgan fingerprint density at radius 2 is 1.53 bits per heavy atom. The van der Waals surface area contributed by atoms with Crippen LogP contribution in [0.4, 0.5) is 5.69 Å². The van der Waals surface area contributed by atoms with Gasteiger partial charge in [-0.2, -0.15) is 0 Å². The average molecular weight is 494 g/mol. The molecule has 32 heavy (non-hydrogen) atoms. The van der Waals surface area contributed by atoms with E-state index in [1.807, 2.05) is 55.5 Å².